The van der Waals surface area contributed by atoms with Gasteiger partial charge in [-0.25, -0.2) is 0 Å². The monoisotopic (exact) mass is 369 g/mol. The van der Waals surface area contributed by atoms with Gasteiger partial charge in [0.1, 0.15) is 17.5 Å². The van der Waals surface area contributed by atoms with E-state index in [1.165, 1.54) is 14.2 Å². The number of benzene rings is 2. The van der Waals surface area contributed by atoms with Crippen molar-refractivity contribution in [3.05, 3.63) is 48.0 Å². The average molecular weight is 369 g/mol. The zero-order valence-electron chi connectivity index (χ0n) is 14.9. The van der Waals surface area contributed by atoms with Crippen molar-refractivity contribution in [2.45, 2.75) is 12.5 Å². The molecule has 0 spiro atoms. The molecule has 0 bridgehead atoms. The molecule has 1 unspecified atom stereocenters. The van der Waals surface area contributed by atoms with Crippen molar-refractivity contribution in [3.63, 3.8) is 0 Å². The molecule has 27 heavy (non-hydrogen) atoms. The molecule has 3 rings (SSSR count). The summed E-state index contributed by atoms with van der Waals surface area (Å²) in [6, 6.07) is 10.6. The van der Waals surface area contributed by atoms with Gasteiger partial charge in [-0.3, -0.25) is 14.4 Å². The number of carbonyl (C=O) groups excluding carboxylic acids is 3. The highest BCUT2D eigenvalue weighted by atomic mass is 16.5. The first-order valence-electron chi connectivity index (χ1n) is 8.24. The molecule has 0 saturated heterocycles. The first-order valence-corrected chi connectivity index (χ1v) is 8.24. The number of para-hydroxylation sites is 1. The molecule has 8 nitrogen and oxygen atoms in total. The maximum atomic E-state index is 12.4. The predicted molar refractivity (Wildman–Crippen MR) is 99.1 cm³/mol. The van der Waals surface area contributed by atoms with Crippen LogP contribution in [-0.4, -0.2) is 38.0 Å². The smallest absolute Gasteiger partial charge is 0.254 e. The lowest BCUT2D eigenvalue weighted by Gasteiger charge is -2.15. The SMILES string of the molecule is COc1cc(NC(=O)CC2NC(=O)c3ccccc3NC2=O)cc(OC)c1. The Labute approximate surface area is 155 Å². The van der Waals surface area contributed by atoms with Crippen LogP contribution in [0, 0.1) is 0 Å². The van der Waals surface area contributed by atoms with Crippen LogP contribution in [0.2, 0.25) is 0 Å². The van der Waals surface area contributed by atoms with Crippen LogP contribution in [0.3, 0.4) is 0 Å². The Morgan fingerprint density at radius 3 is 2.41 bits per heavy atom. The van der Waals surface area contributed by atoms with Crippen molar-refractivity contribution in [1.29, 1.82) is 0 Å². The third-order valence-corrected chi connectivity index (χ3v) is 4.08. The zero-order chi connectivity index (χ0) is 19.4. The molecule has 1 aliphatic heterocycles. The van der Waals surface area contributed by atoms with E-state index in [9.17, 15) is 14.4 Å². The van der Waals surface area contributed by atoms with Gasteiger partial charge < -0.3 is 25.4 Å². The minimum absolute atomic E-state index is 0.217. The van der Waals surface area contributed by atoms with Gasteiger partial charge in [-0.05, 0) is 12.1 Å². The van der Waals surface area contributed by atoms with Crippen LogP contribution >= 0.6 is 0 Å². The summed E-state index contributed by atoms with van der Waals surface area (Å²) in [5, 5.41) is 7.94. The summed E-state index contributed by atoms with van der Waals surface area (Å²) < 4.78 is 10.3. The van der Waals surface area contributed by atoms with E-state index in [4.69, 9.17) is 9.47 Å². The number of methoxy groups -OCH3 is 2. The second kappa shape index (κ2) is 7.77. The Morgan fingerprint density at radius 2 is 1.74 bits per heavy atom. The van der Waals surface area contributed by atoms with Gasteiger partial charge >= 0.3 is 0 Å². The fraction of sp³-hybridized carbons (Fsp3) is 0.211. The molecule has 0 aliphatic carbocycles. The summed E-state index contributed by atoms with van der Waals surface area (Å²) in [5.41, 5.74) is 1.23. The molecular weight excluding hydrogens is 350 g/mol. The number of ether oxygens (including phenoxy) is 2. The van der Waals surface area contributed by atoms with E-state index in [1.807, 2.05) is 0 Å². The largest absolute Gasteiger partial charge is 0.497 e. The summed E-state index contributed by atoms with van der Waals surface area (Å²) in [5.74, 6) is -0.269. The lowest BCUT2D eigenvalue weighted by molar-refractivity contribution is -0.122. The van der Waals surface area contributed by atoms with E-state index in [1.54, 1.807) is 42.5 Å². The highest BCUT2D eigenvalue weighted by Crippen LogP contribution is 2.26. The Kier molecular flexibility index (Phi) is 5.25. The van der Waals surface area contributed by atoms with Crippen LogP contribution in [-0.2, 0) is 9.59 Å². The Morgan fingerprint density at radius 1 is 1.07 bits per heavy atom. The van der Waals surface area contributed by atoms with Crippen LogP contribution in [0.1, 0.15) is 16.8 Å². The Balaban J connectivity index is 1.71. The molecule has 0 saturated carbocycles. The fourth-order valence-corrected chi connectivity index (χ4v) is 2.73. The number of hydrogen-bond donors (Lipinski definition) is 3. The number of anilines is 2. The van der Waals surface area contributed by atoms with Gasteiger partial charge in [-0.1, -0.05) is 12.1 Å². The minimum Gasteiger partial charge on any atom is -0.497 e. The molecule has 2 aromatic carbocycles. The third kappa shape index (κ3) is 4.17. The summed E-state index contributed by atoms with van der Waals surface area (Å²) in [6.45, 7) is 0. The van der Waals surface area contributed by atoms with Crippen LogP contribution in [0.4, 0.5) is 11.4 Å². The van der Waals surface area contributed by atoms with Gasteiger partial charge in [-0.15, -0.1) is 0 Å². The van der Waals surface area contributed by atoms with Gasteiger partial charge in [-0.2, -0.15) is 0 Å². The molecule has 3 amide bonds. The predicted octanol–water partition coefficient (Wildman–Crippen LogP) is 1.78. The average Bonchev–Trinajstić information content (AvgIpc) is 2.78. The van der Waals surface area contributed by atoms with Crippen molar-refractivity contribution in [2.75, 3.05) is 24.9 Å². The number of nitrogens with one attached hydrogen (secondary N) is 3. The first-order chi connectivity index (χ1) is 13.0. The van der Waals surface area contributed by atoms with Crippen LogP contribution < -0.4 is 25.4 Å². The zero-order valence-corrected chi connectivity index (χ0v) is 14.9. The van der Waals surface area contributed by atoms with Crippen LogP contribution in [0.25, 0.3) is 0 Å². The number of amides is 3. The van der Waals surface area contributed by atoms with E-state index >= 15 is 0 Å². The molecule has 2 aromatic rings. The molecule has 140 valence electrons. The highest BCUT2D eigenvalue weighted by molar-refractivity contribution is 6.11. The second-order valence-corrected chi connectivity index (χ2v) is 5.91. The van der Waals surface area contributed by atoms with E-state index < -0.39 is 23.8 Å². The van der Waals surface area contributed by atoms with Crippen molar-refractivity contribution in [2.24, 2.45) is 0 Å². The maximum absolute atomic E-state index is 12.4. The van der Waals surface area contributed by atoms with Gasteiger partial charge in [0.25, 0.3) is 5.91 Å². The molecule has 1 heterocycles. The second-order valence-electron chi connectivity index (χ2n) is 5.91. The lowest BCUT2D eigenvalue weighted by Crippen LogP contribution is -2.43. The first kappa shape index (κ1) is 18.2. The van der Waals surface area contributed by atoms with E-state index in [0.717, 1.165) is 0 Å². The maximum Gasteiger partial charge on any atom is 0.254 e. The highest BCUT2D eigenvalue weighted by Gasteiger charge is 2.29. The summed E-state index contributed by atoms with van der Waals surface area (Å²) in [6.07, 6.45) is -0.217. The molecule has 0 radical (unpaired) electrons. The Hall–Kier alpha value is -3.55. The topological polar surface area (TPSA) is 106 Å². The van der Waals surface area contributed by atoms with Crippen LogP contribution in [0.15, 0.2) is 42.5 Å². The number of fused-ring (bicyclic) bond motifs is 1. The van der Waals surface area contributed by atoms with Gasteiger partial charge in [0.05, 0.1) is 31.9 Å². The molecule has 8 heteroatoms. The van der Waals surface area contributed by atoms with E-state index in [0.29, 0.717) is 28.4 Å². The van der Waals surface area contributed by atoms with Gasteiger partial charge in [0.15, 0.2) is 0 Å². The number of rotatable bonds is 5. The van der Waals surface area contributed by atoms with Crippen molar-refractivity contribution in [1.82, 2.24) is 5.32 Å². The van der Waals surface area contributed by atoms with Crippen LogP contribution in [0.5, 0.6) is 11.5 Å². The third-order valence-electron chi connectivity index (χ3n) is 4.08. The van der Waals surface area contributed by atoms with Gasteiger partial charge in [0.2, 0.25) is 11.8 Å². The molecular formula is C19H19N3O5. The summed E-state index contributed by atoms with van der Waals surface area (Å²) in [7, 11) is 3.01. The molecule has 1 aliphatic rings. The fourth-order valence-electron chi connectivity index (χ4n) is 2.73. The molecule has 0 fully saturated rings. The number of hydrogen-bond acceptors (Lipinski definition) is 5. The van der Waals surface area contributed by atoms with E-state index in [2.05, 4.69) is 16.0 Å². The molecule has 0 aromatic heterocycles. The van der Waals surface area contributed by atoms with E-state index in [-0.39, 0.29) is 6.42 Å². The quantitative estimate of drug-likeness (QED) is 0.745. The minimum atomic E-state index is -0.989. The normalized spacial score (nSPS) is 15.7. The standard InChI is InChI=1S/C19H19N3O5/c1-26-12-7-11(8-13(9-12)27-2)20-17(23)10-16-19(25)21-15-6-4-3-5-14(15)18(24)22-16/h3-9,16H,10H2,1-2H3,(H,20,23)(H,21,25)(H,22,24). The molecule has 3 N–H and O–H groups in total. The molecule has 1 atom stereocenters. The number of carbonyl (C=O) groups is 3. The van der Waals surface area contributed by atoms with Gasteiger partial charge in [0, 0.05) is 23.9 Å². The van der Waals surface area contributed by atoms with Crippen molar-refractivity contribution < 1.29 is 23.9 Å². The summed E-state index contributed by atoms with van der Waals surface area (Å²) in [4.78, 5) is 37.1. The van der Waals surface area contributed by atoms with Crippen molar-refractivity contribution in [3.8, 4) is 11.5 Å². The Bertz CT molecular complexity index is 874. The van der Waals surface area contributed by atoms with Crippen molar-refractivity contribution >= 4 is 29.1 Å². The lowest BCUT2D eigenvalue weighted by atomic mass is 10.1. The summed E-state index contributed by atoms with van der Waals surface area (Å²) >= 11 is 0.